The van der Waals surface area contributed by atoms with E-state index >= 15 is 0 Å². The Labute approximate surface area is 128 Å². The SMILES string of the molecule is CNC(CN(C)CCOCC1CC1)c1ccccc1OC. The van der Waals surface area contributed by atoms with E-state index in [2.05, 4.69) is 29.4 Å². The van der Waals surface area contributed by atoms with E-state index < -0.39 is 0 Å². The zero-order chi connectivity index (χ0) is 15.1. The highest BCUT2D eigenvalue weighted by atomic mass is 16.5. The number of benzene rings is 1. The molecule has 0 aliphatic heterocycles. The minimum atomic E-state index is 0.259. The van der Waals surface area contributed by atoms with Crippen LogP contribution in [-0.4, -0.2) is 52.4 Å². The molecule has 0 amide bonds. The van der Waals surface area contributed by atoms with E-state index in [4.69, 9.17) is 9.47 Å². The van der Waals surface area contributed by atoms with Crippen LogP contribution in [0.2, 0.25) is 0 Å². The van der Waals surface area contributed by atoms with Gasteiger partial charge in [0, 0.05) is 31.3 Å². The normalized spacial score (nSPS) is 16.2. The first-order valence-corrected chi connectivity index (χ1v) is 7.81. The van der Waals surface area contributed by atoms with Crippen LogP contribution >= 0.6 is 0 Å². The van der Waals surface area contributed by atoms with E-state index in [1.54, 1.807) is 7.11 Å². The van der Waals surface area contributed by atoms with Gasteiger partial charge in [0.25, 0.3) is 0 Å². The smallest absolute Gasteiger partial charge is 0.123 e. The quantitative estimate of drug-likeness (QED) is 0.671. The van der Waals surface area contributed by atoms with Crippen LogP contribution in [-0.2, 0) is 4.74 Å². The first-order chi connectivity index (χ1) is 10.2. The van der Waals surface area contributed by atoms with Crippen LogP contribution in [0.25, 0.3) is 0 Å². The Hall–Kier alpha value is -1.10. The van der Waals surface area contributed by atoms with E-state index in [0.717, 1.165) is 38.0 Å². The molecule has 1 aromatic rings. The Morgan fingerprint density at radius 3 is 2.76 bits per heavy atom. The fraction of sp³-hybridized carbons (Fsp3) is 0.647. The lowest BCUT2D eigenvalue weighted by Crippen LogP contribution is -2.33. The van der Waals surface area contributed by atoms with Gasteiger partial charge in [0.1, 0.15) is 5.75 Å². The molecule has 21 heavy (non-hydrogen) atoms. The summed E-state index contributed by atoms with van der Waals surface area (Å²) in [6.07, 6.45) is 2.71. The molecule has 1 saturated carbocycles. The van der Waals surface area contributed by atoms with Crippen LogP contribution in [0.4, 0.5) is 0 Å². The summed E-state index contributed by atoms with van der Waals surface area (Å²) in [5.41, 5.74) is 1.20. The van der Waals surface area contributed by atoms with E-state index in [9.17, 15) is 0 Å². The van der Waals surface area contributed by atoms with Crippen molar-refractivity contribution < 1.29 is 9.47 Å². The largest absolute Gasteiger partial charge is 0.496 e. The average Bonchev–Trinajstić information content (AvgIpc) is 3.33. The second kappa shape index (κ2) is 8.37. The molecule has 1 atom stereocenters. The zero-order valence-corrected chi connectivity index (χ0v) is 13.5. The predicted octanol–water partition coefficient (Wildman–Crippen LogP) is 2.31. The maximum atomic E-state index is 5.71. The number of nitrogens with zero attached hydrogens (tertiary/aromatic N) is 1. The van der Waals surface area contributed by atoms with Crippen LogP contribution in [0.5, 0.6) is 5.75 Å². The molecule has 1 N–H and O–H groups in total. The van der Waals surface area contributed by atoms with Crippen molar-refractivity contribution in [2.45, 2.75) is 18.9 Å². The van der Waals surface area contributed by atoms with E-state index in [0.29, 0.717) is 0 Å². The zero-order valence-electron chi connectivity index (χ0n) is 13.5. The third-order valence-corrected chi connectivity index (χ3v) is 4.02. The van der Waals surface area contributed by atoms with Crippen molar-refractivity contribution in [3.63, 3.8) is 0 Å². The van der Waals surface area contributed by atoms with Crippen LogP contribution < -0.4 is 10.1 Å². The molecule has 0 aromatic heterocycles. The maximum absolute atomic E-state index is 5.71. The standard InChI is InChI=1S/C17H28N2O2/c1-18-16(15-6-4-5-7-17(15)20-3)12-19(2)10-11-21-13-14-8-9-14/h4-7,14,16,18H,8-13H2,1-3H3. The molecule has 0 bridgehead atoms. The highest BCUT2D eigenvalue weighted by Gasteiger charge is 2.21. The van der Waals surface area contributed by atoms with Crippen LogP contribution in [0.1, 0.15) is 24.4 Å². The van der Waals surface area contributed by atoms with Gasteiger partial charge in [-0.3, -0.25) is 0 Å². The van der Waals surface area contributed by atoms with Crippen molar-refractivity contribution in [1.82, 2.24) is 10.2 Å². The maximum Gasteiger partial charge on any atom is 0.123 e. The van der Waals surface area contributed by atoms with E-state index in [1.165, 1.54) is 18.4 Å². The van der Waals surface area contributed by atoms with Crippen molar-refractivity contribution in [3.05, 3.63) is 29.8 Å². The molecule has 0 spiro atoms. The van der Waals surface area contributed by atoms with Gasteiger partial charge in [0.05, 0.1) is 13.7 Å². The fourth-order valence-corrected chi connectivity index (χ4v) is 2.46. The lowest BCUT2D eigenvalue weighted by molar-refractivity contribution is 0.101. The van der Waals surface area contributed by atoms with Crippen molar-refractivity contribution >= 4 is 0 Å². The summed E-state index contributed by atoms with van der Waals surface area (Å²) >= 11 is 0. The lowest BCUT2D eigenvalue weighted by Gasteiger charge is -2.25. The van der Waals surface area contributed by atoms with Crippen LogP contribution in [0.15, 0.2) is 24.3 Å². The van der Waals surface area contributed by atoms with Gasteiger partial charge in [-0.1, -0.05) is 18.2 Å². The Bertz CT molecular complexity index is 421. The van der Waals surface area contributed by atoms with Gasteiger partial charge in [-0.2, -0.15) is 0 Å². The lowest BCUT2D eigenvalue weighted by atomic mass is 10.1. The molecule has 1 aromatic carbocycles. The van der Waals surface area contributed by atoms with Gasteiger partial charge in [0.15, 0.2) is 0 Å². The topological polar surface area (TPSA) is 33.7 Å². The number of ether oxygens (including phenoxy) is 2. The summed E-state index contributed by atoms with van der Waals surface area (Å²) in [5.74, 6) is 1.78. The summed E-state index contributed by atoms with van der Waals surface area (Å²) in [6, 6.07) is 8.45. The molecule has 1 aliphatic carbocycles. The number of hydrogen-bond donors (Lipinski definition) is 1. The molecule has 4 nitrogen and oxygen atoms in total. The molecule has 0 radical (unpaired) electrons. The van der Waals surface area contributed by atoms with Crippen molar-refractivity contribution in [1.29, 1.82) is 0 Å². The molecule has 1 aliphatic rings. The van der Waals surface area contributed by atoms with Crippen molar-refractivity contribution in [2.75, 3.05) is 47.5 Å². The molecular weight excluding hydrogens is 264 g/mol. The van der Waals surface area contributed by atoms with Crippen LogP contribution in [0, 0.1) is 5.92 Å². The Kier molecular flexibility index (Phi) is 6.49. The summed E-state index contributed by atoms with van der Waals surface area (Å²) in [5, 5.41) is 3.38. The fourth-order valence-electron chi connectivity index (χ4n) is 2.46. The summed E-state index contributed by atoms with van der Waals surface area (Å²) < 4.78 is 11.2. The average molecular weight is 292 g/mol. The number of rotatable bonds is 10. The minimum absolute atomic E-state index is 0.259. The van der Waals surface area contributed by atoms with E-state index in [-0.39, 0.29) is 6.04 Å². The number of hydrogen-bond acceptors (Lipinski definition) is 4. The number of likely N-dealkylation sites (N-methyl/N-ethyl adjacent to an activating group) is 2. The van der Waals surface area contributed by atoms with Crippen molar-refractivity contribution in [3.8, 4) is 5.75 Å². The monoisotopic (exact) mass is 292 g/mol. The minimum Gasteiger partial charge on any atom is -0.496 e. The van der Waals surface area contributed by atoms with Gasteiger partial charge >= 0.3 is 0 Å². The molecule has 4 heteroatoms. The Balaban J connectivity index is 1.79. The van der Waals surface area contributed by atoms with Gasteiger partial charge in [0.2, 0.25) is 0 Å². The molecule has 1 unspecified atom stereocenters. The van der Waals surface area contributed by atoms with Crippen LogP contribution in [0.3, 0.4) is 0 Å². The second-order valence-corrected chi connectivity index (χ2v) is 5.86. The third-order valence-electron chi connectivity index (χ3n) is 4.02. The first-order valence-electron chi connectivity index (χ1n) is 7.81. The van der Waals surface area contributed by atoms with Crippen molar-refractivity contribution in [2.24, 2.45) is 5.92 Å². The Morgan fingerprint density at radius 1 is 1.33 bits per heavy atom. The molecule has 0 saturated heterocycles. The highest BCUT2D eigenvalue weighted by Crippen LogP contribution is 2.28. The predicted molar refractivity (Wildman–Crippen MR) is 85.8 cm³/mol. The molecule has 118 valence electrons. The summed E-state index contributed by atoms with van der Waals surface area (Å²) in [7, 11) is 5.86. The first kappa shape index (κ1) is 16.3. The van der Waals surface area contributed by atoms with Gasteiger partial charge in [-0.25, -0.2) is 0 Å². The number of nitrogens with one attached hydrogen (secondary N) is 1. The van der Waals surface area contributed by atoms with Gasteiger partial charge in [-0.05, 0) is 38.9 Å². The summed E-state index contributed by atoms with van der Waals surface area (Å²) in [4.78, 5) is 2.31. The highest BCUT2D eigenvalue weighted by molar-refractivity contribution is 5.36. The summed E-state index contributed by atoms with van der Waals surface area (Å²) in [6.45, 7) is 3.65. The number of methoxy groups -OCH3 is 1. The molecule has 1 fully saturated rings. The molecule has 2 rings (SSSR count). The Morgan fingerprint density at radius 2 is 2.10 bits per heavy atom. The van der Waals surface area contributed by atoms with E-state index in [1.807, 2.05) is 19.2 Å². The molecular formula is C17H28N2O2. The third kappa shape index (κ3) is 5.30. The molecule has 0 heterocycles. The second-order valence-electron chi connectivity index (χ2n) is 5.86. The van der Waals surface area contributed by atoms with Gasteiger partial charge < -0.3 is 19.7 Å². The number of para-hydroxylation sites is 1. The van der Waals surface area contributed by atoms with Gasteiger partial charge in [-0.15, -0.1) is 0 Å².